The summed E-state index contributed by atoms with van der Waals surface area (Å²) < 4.78 is 40.7. The van der Waals surface area contributed by atoms with Crippen LogP contribution >= 0.6 is 11.3 Å². The Hall–Kier alpha value is -1.68. The maximum absolute atomic E-state index is 13.6. The van der Waals surface area contributed by atoms with Gasteiger partial charge in [0.15, 0.2) is 0 Å². The number of thiazole rings is 1. The molecule has 10 heteroatoms. The molecule has 2 aliphatic rings. The van der Waals surface area contributed by atoms with Crippen molar-refractivity contribution in [2.24, 2.45) is 5.92 Å². The van der Waals surface area contributed by atoms with Gasteiger partial charge in [0.1, 0.15) is 5.01 Å². The molecule has 0 saturated carbocycles. The van der Waals surface area contributed by atoms with Crippen LogP contribution in [0.4, 0.5) is 13.2 Å². The number of carbonyl (C=O) groups is 2. The highest BCUT2D eigenvalue weighted by Crippen LogP contribution is 2.43. The van der Waals surface area contributed by atoms with Crippen LogP contribution in [0.2, 0.25) is 0 Å². The molecule has 2 amide bonds. The van der Waals surface area contributed by atoms with Crippen LogP contribution in [0.15, 0.2) is 5.38 Å². The van der Waals surface area contributed by atoms with E-state index in [1.807, 2.05) is 4.90 Å². The number of aryl methyl sites for hydroxylation is 1. The van der Waals surface area contributed by atoms with Gasteiger partial charge in [-0.2, -0.15) is 13.2 Å². The summed E-state index contributed by atoms with van der Waals surface area (Å²) in [6.45, 7) is 3.47. The highest BCUT2D eigenvalue weighted by Gasteiger charge is 2.58. The first-order valence-corrected chi connectivity index (χ1v) is 10.3. The fourth-order valence-corrected chi connectivity index (χ4v) is 4.66. The third-order valence-corrected chi connectivity index (χ3v) is 6.57. The number of likely N-dealkylation sites (tertiary alicyclic amines) is 2. The standard InChI is InChI=1S/C18H24F3N3O3S/c1-12-11-28-16(22-12)17(27,18(19,20)21)10-14(25)23-8-4-13(5-9-23)15(26)24-6-2-3-7-24/h11,13,27H,2-10H2,1H3. The number of rotatable bonds is 4. The predicted octanol–water partition coefficient (Wildman–Crippen LogP) is 2.45. The molecule has 0 bridgehead atoms. The van der Waals surface area contributed by atoms with Crippen molar-refractivity contribution in [1.82, 2.24) is 14.8 Å². The number of halogens is 3. The molecule has 0 radical (unpaired) electrons. The zero-order valence-corrected chi connectivity index (χ0v) is 16.5. The van der Waals surface area contributed by atoms with Gasteiger partial charge in [-0.25, -0.2) is 4.98 Å². The summed E-state index contributed by atoms with van der Waals surface area (Å²) in [6, 6.07) is 0. The minimum atomic E-state index is -5.02. The lowest BCUT2D eigenvalue weighted by Gasteiger charge is -2.35. The second-order valence-corrected chi connectivity index (χ2v) is 8.37. The molecule has 0 aromatic carbocycles. The van der Waals surface area contributed by atoms with Gasteiger partial charge in [0, 0.05) is 43.2 Å². The van der Waals surface area contributed by atoms with Gasteiger partial charge < -0.3 is 14.9 Å². The maximum atomic E-state index is 13.6. The van der Waals surface area contributed by atoms with Crippen molar-refractivity contribution in [3.8, 4) is 0 Å². The van der Waals surface area contributed by atoms with E-state index in [9.17, 15) is 27.9 Å². The summed E-state index contributed by atoms with van der Waals surface area (Å²) in [6.07, 6.45) is -3.26. The molecule has 6 nitrogen and oxygen atoms in total. The van der Waals surface area contributed by atoms with Crippen LogP contribution in [-0.4, -0.2) is 64.1 Å². The van der Waals surface area contributed by atoms with Gasteiger partial charge in [0.05, 0.1) is 6.42 Å². The minimum Gasteiger partial charge on any atom is -0.374 e. The van der Waals surface area contributed by atoms with Crippen LogP contribution in [0, 0.1) is 12.8 Å². The van der Waals surface area contributed by atoms with Crippen molar-refractivity contribution in [2.45, 2.75) is 50.8 Å². The Labute approximate surface area is 165 Å². The van der Waals surface area contributed by atoms with Gasteiger partial charge >= 0.3 is 6.18 Å². The molecule has 1 atom stereocenters. The highest BCUT2D eigenvalue weighted by atomic mass is 32.1. The molecular formula is C18H24F3N3O3S. The van der Waals surface area contributed by atoms with Crippen LogP contribution in [0.1, 0.15) is 42.8 Å². The number of carbonyl (C=O) groups excluding carboxylic acids is 2. The Morgan fingerprint density at radius 2 is 1.79 bits per heavy atom. The fraction of sp³-hybridized carbons (Fsp3) is 0.722. The second kappa shape index (κ2) is 7.98. The SMILES string of the molecule is Cc1csc(C(O)(CC(=O)N2CCC(C(=O)N3CCCC3)CC2)C(F)(F)F)n1. The van der Waals surface area contributed by atoms with Crippen molar-refractivity contribution in [2.75, 3.05) is 26.2 Å². The summed E-state index contributed by atoms with van der Waals surface area (Å²) in [5.41, 5.74) is -2.94. The van der Waals surface area contributed by atoms with Gasteiger partial charge in [-0.05, 0) is 32.6 Å². The largest absolute Gasteiger partial charge is 0.424 e. The molecule has 3 heterocycles. The molecule has 2 saturated heterocycles. The molecule has 28 heavy (non-hydrogen) atoms. The predicted molar refractivity (Wildman–Crippen MR) is 96.5 cm³/mol. The average molecular weight is 419 g/mol. The van der Waals surface area contributed by atoms with Gasteiger partial charge in [0.25, 0.3) is 0 Å². The first kappa shape index (κ1) is 21.0. The Bertz CT molecular complexity index is 725. The smallest absolute Gasteiger partial charge is 0.374 e. The van der Waals surface area contributed by atoms with E-state index in [2.05, 4.69) is 4.98 Å². The number of nitrogens with zero attached hydrogens (tertiary/aromatic N) is 3. The first-order chi connectivity index (χ1) is 13.1. The van der Waals surface area contributed by atoms with Crippen molar-refractivity contribution >= 4 is 23.2 Å². The number of amides is 2. The molecule has 1 N–H and O–H groups in total. The lowest BCUT2D eigenvalue weighted by Crippen LogP contribution is -2.49. The zero-order chi connectivity index (χ0) is 20.5. The van der Waals surface area contributed by atoms with E-state index >= 15 is 0 Å². The Morgan fingerprint density at radius 1 is 1.18 bits per heavy atom. The van der Waals surface area contributed by atoms with Crippen LogP contribution < -0.4 is 0 Å². The first-order valence-electron chi connectivity index (χ1n) is 9.40. The zero-order valence-electron chi connectivity index (χ0n) is 15.7. The third kappa shape index (κ3) is 4.17. The maximum Gasteiger partial charge on any atom is 0.424 e. The molecule has 0 aliphatic carbocycles. The van der Waals surface area contributed by atoms with E-state index in [0.29, 0.717) is 29.9 Å². The molecule has 2 fully saturated rings. The van der Waals surface area contributed by atoms with E-state index in [0.717, 1.165) is 25.9 Å². The number of hydrogen-bond donors (Lipinski definition) is 1. The van der Waals surface area contributed by atoms with Crippen molar-refractivity contribution in [3.63, 3.8) is 0 Å². The third-order valence-electron chi connectivity index (χ3n) is 5.46. The van der Waals surface area contributed by atoms with E-state index in [1.165, 1.54) is 17.2 Å². The van der Waals surface area contributed by atoms with Gasteiger partial charge in [0.2, 0.25) is 17.4 Å². The lowest BCUT2D eigenvalue weighted by molar-refractivity contribution is -0.268. The lowest BCUT2D eigenvalue weighted by atomic mass is 9.93. The van der Waals surface area contributed by atoms with Crippen molar-refractivity contribution in [1.29, 1.82) is 0 Å². The van der Waals surface area contributed by atoms with E-state index in [-0.39, 0.29) is 24.9 Å². The van der Waals surface area contributed by atoms with Crippen LogP contribution in [-0.2, 0) is 15.2 Å². The Kier molecular flexibility index (Phi) is 6.00. The molecule has 1 aromatic heterocycles. The van der Waals surface area contributed by atoms with Crippen LogP contribution in [0.5, 0.6) is 0 Å². The molecular weight excluding hydrogens is 395 g/mol. The summed E-state index contributed by atoms with van der Waals surface area (Å²) in [5, 5.41) is 11.2. The number of alkyl halides is 3. The molecule has 0 spiro atoms. The Balaban J connectivity index is 1.63. The molecule has 2 aliphatic heterocycles. The van der Waals surface area contributed by atoms with E-state index in [1.54, 1.807) is 0 Å². The monoisotopic (exact) mass is 419 g/mol. The topological polar surface area (TPSA) is 73.7 Å². The summed E-state index contributed by atoms with van der Waals surface area (Å²) in [5.74, 6) is -0.889. The van der Waals surface area contributed by atoms with Gasteiger partial charge in [-0.15, -0.1) is 11.3 Å². The number of aromatic nitrogens is 1. The van der Waals surface area contributed by atoms with Crippen LogP contribution in [0.25, 0.3) is 0 Å². The van der Waals surface area contributed by atoms with Crippen molar-refractivity contribution < 1.29 is 27.9 Å². The minimum absolute atomic E-state index is 0.0784. The fourth-order valence-electron chi connectivity index (χ4n) is 3.74. The number of aliphatic hydroxyl groups is 1. The molecule has 3 rings (SSSR count). The molecule has 156 valence electrons. The average Bonchev–Trinajstić information content (AvgIpc) is 3.32. The van der Waals surface area contributed by atoms with E-state index < -0.39 is 29.1 Å². The van der Waals surface area contributed by atoms with E-state index in [4.69, 9.17) is 0 Å². The number of piperidine rings is 1. The highest BCUT2D eigenvalue weighted by molar-refractivity contribution is 7.09. The summed E-state index contributed by atoms with van der Waals surface area (Å²) in [7, 11) is 0. The second-order valence-electron chi connectivity index (χ2n) is 7.52. The van der Waals surface area contributed by atoms with Crippen LogP contribution in [0.3, 0.4) is 0 Å². The molecule has 1 unspecified atom stereocenters. The number of hydrogen-bond acceptors (Lipinski definition) is 5. The van der Waals surface area contributed by atoms with Crippen molar-refractivity contribution in [3.05, 3.63) is 16.1 Å². The van der Waals surface area contributed by atoms with Gasteiger partial charge in [-0.3, -0.25) is 9.59 Å². The Morgan fingerprint density at radius 3 is 2.29 bits per heavy atom. The normalized spacial score (nSPS) is 21.0. The summed E-state index contributed by atoms with van der Waals surface area (Å²) >= 11 is 0.688. The molecule has 1 aromatic rings. The quantitative estimate of drug-likeness (QED) is 0.814. The summed E-state index contributed by atoms with van der Waals surface area (Å²) in [4.78, 5) is 31.9. The van der Waals surface area contributed by atoms with Gasteiger partial charge in [-0.1, -0.05) is 0 Å².